The quantitative estimate of drug-likeness (QED) is 0.490. The smallest absolute Gasteiger partial charge is 0.163 e. The molecular weight excluding hydrogens is 444 g/mol. The molecule has 3 atom stereocenters. The molecule has 0 saturated heterocycles. The Labute approximate surface area is 211 Å². The number of Topliss-reactive ketones (excluding diaryl/α,β-unsaturated/α-hetero) is 2. The lowest BCUT2D eigenvalue weighted by molar-refractivity contribution is -0.116. The van der Waals surface area contributed by atoms with Gasteiger partial charge in [-0.15, -0.1) is 0 Å². The minimum atomic E-state index is -0.383. The van der Waals surface area contributed by atoms with Gasteiger partial charge in [0.05, 0.1) is 16.6 Å². The zero-order valence-electron chi connectivity index (χ0n) is 20.8. The second kappa shape index (κ2) is 8.70. The fourth-order valence-corrected chi connectivity index (χ4v) is 6.66. The average Bonchev–Trinajstić information content (AvgIpc) is 3.21. The van der Waals surface area contributed by atoms with Gasteiger partial charge in [-0.25, -0.2) is 0 Å². The Hall–Kier alpha value is -3.79. The van der Waals surface area contributed by atoms with Crippen molar-refractivity contribution >= 4 is 28.5 Å². The second-order valence-corrected chi connectivity index (χ2v) is 10.2. The largest absolute Gasteiger partial charge is 0.314 e. The normalized spacial score (nSPS) is 24.1. The van der Waals surface area contributed by atoms with Crippen LogP contribution >= 0.6 is 0 Å². The second-order valence-electron chi connectivity index (χ2n) is 10.2. The maximum Gasteiger partial charge on any atom is 0.163 e. The molecule has 3 aliphatic rings. The summed E-state index contributed by atoms with van der Waals surface area (Å²) in [6.07, 6.45) is 6.83. The van der Waals surface area contributed by atoms with Gasteiger partial charge in [-0.2, -0.15) is 0 Å². The molecule has 0 aromatic heterocycles. The van der Waals surface area contributed by atoms with E-state index < -0.39 is 0 Å². The molecule has 3 aromatic rings. The summed E-state index contributed by atoms with van der Waals surface area (Å²) in [4.78, 5) is 32.7. The molecule has 4 heteroatoms. The lowest BCUT2D eigenvalue weighted by atomic mass is 9.66. The monoisotopic (exact) mass is 474 g/mol. The summed E-state index contributed by atoms with van der Waals surface area (Å²) in [5.41, 5.74) is 4.48. The van der Waals surface area contributed by atoms with Crippen LogP contribution in [0.2, 0.25) is 0 Å². The number of allylic oxidation sites excluding steroid dienone is 1. The zero-order chi connectivity index (χ0) is 24.9. The van der Waals surface area contributed by atoms with E-state index in [0.29, 0.717) is 11.1 Å². The van der Waals surface area contributed by atoms with Crippen LogP contribution in [0.3, 0.4) is 0 Å². The van der Waals surface area contributed by atoms with Crippen LogP contribution in [-0.4, -0.2) is 17.2 Å². The van der Waals surface area contributed by atoms with Crippen molar-refractivity contribution in [2.75, 3.05) is 4.90 Å². The van der Waals surface area contributed by atoms with E-state index >= 15 is 0 Å². The molecule has 1 saturated carbocycles. The molecule has 4 nitrogen and oxygen atoms in total. The summed E-state index contributed by atoms with van der Waals surface area (Å²) >= 11 is 0. The van der Waals surface area contributed by atoms with Crippen LogP contribution in [0.15, 0.2) is 89.9 Å². The molecule has 0 bridgehead atoms. The number of hydrogen-bond donors (Lipinski definition) is 0. The van der Waals surface area contributed by atoms with Gasteiger partial charge >= 0.3 is 0 Å². The predicted octanol–water partition coefficient (Wildman–Crippen LogP) is 5.18. The Bertz CT molecular complexity index is 1490. The van der Waals surface area contributed by atoms with Crippen LogP contribution in [0.5, 0.6) is 0 Å². The van der Waals surface area contributed by atoms with Gasteiger partial charge in [0.25, 0.3) is 0 Å². The summed E-state index contributed by atoms with van der Waals surface area (Å²) in [6, 6.07) is 27.2. The summed E-state index contributed by atoms with van der Waals surface area (Å²) in [6.45, 7) is 2.93. The van der Waals surface area contributed by atoms with Crippen molar-refractivity contribution < 1.29 is 9.59 Å². The predicted molar refractivity (Wildman–Crippen MR) is 143 cm³/mol. The van der Waals surface area contributed by atoms with Crippen LogP contribution in [0.25, 0.3) is 11.3 Å². The Morgan fingerprint density at radius 1 is 0.889 bits per heavy atom. The van der Waals surface area contributed by atoms with E-state index in [1.165, 1.54) is 25.8 Å². The van der Waals surface area contributed by atoms with Crippen LogP contribution in [0.4, 0.5) is 5.69 Å². The maximum atomic E-state index is 12.4. The number of carbonyl (C=O) groups is 2. The molecule has 0 amide bonds. The van der Waals surface area contributed by atoms with E-state index in [4.69, 9.17) is 4.99 Å². The van der Waals surface area contributed by atoms with Crippen molar-refractivity contribution in [1.29, 1.82) is 0 Å². The van der Waals surface area contributed by atoms with Gasteiger partial charge in [-0.1, -0.05) is 79.2 Å². The van der Waals surface area contributed by atoms with Gasteiger partial charge in [0, 0.05) is 17.5 Å². The molecule has 0 N–H and O–H groups in total. The zero-order valence-corrected chi connectivity index (χ0v) is 20.8. The fourth-order valence-electron chi connectivity index (χ4n) is 6.66. The summed E-state index contributed by atoms with van der Waals surface area (Å²) < 4.78 is 0. The molecule has 36 heavy (non-hydrogen) atoms. The van der Waals surface area contributed by atoms with Crippen molar-refractivity contribution in [1.82, 2.24) is 0 Å². The highest BCUT2D eigenvalue weighted by Crippen LogP contribution is 2.55. The number of hydrogen-bond acceptors (Lipinski definition) is 4. The molecule has 2 aliphatic heterocycles. The molecular formula is C32H30N2O2. The van der Waals surface area contributed by atoms with Crippen molar-refractivity contribution in [2.45, 2.75) is 51.1 Å². The number of nitrogens with zero attached hydrogens (tertiary/aromatic N) is 2. The fraction of sp³-hybridized carbons (Fsp3) is 0.281. The molecule has 1 aliphatic carbocycles. The summed E-state index contributed by atoms with van der Waals surface area (Å²) in [5, 5.41) is 1.61. The van der Waals surface area contributed by atoms with Crippen molar-refractivity contribution in [2.24, 2.45) is 10.9 Å². The first kappa shape index (κ1) is 22.7. The highest BCUT2D eigenvalue weighted by Gasteiger charge is 2.55. The number of carbonyl (C=O) groups excluding carboxylic acids is 2. The van der Waals surface area contributed by atoms with Gasteiger partial charge in [0.1, 0.15) is 5.66 Å². The highest BCUT2D eigenvalue weighted by molar-refractivity contribution is 6.39. The van der Waals surface area contributed by atoms with Crippen molar-refractivity contribution in [3.8, 4) is 0 Å². The van der Waals surface area contributed by atoms with E-state index in [1.54, 1.807) is 0 Å². The van der Waals surface area contributed by atoms with Crippen molar-refractivity contribution in [3.05, 3.63) is 107 Å². The number of ketones is 2. The molecule has 6 rings (SSSR count). The molecule has 0 unspecified atom stereocenters. The third-order valence-corrected chi connectivity index (χ3v) is 8.08. The van der Waals surface area contributed by atoms with Crippen molar-refractivity contribution in [3.63, 3.8) is 0 Å². The first-order valence-corrected chi connectivity index (χ1v) is 12.9. The Kier molecular flexibility index (Phi) is 5.48. The third kappa shape index (κ3) is 3.47. The van der Waals surface area contributed by atoms with Crippen LogP contribution in [-0.2, 0) is 9.59 Å². The molecule has 180 valence electrons. The third-order valence-electron chi connectivity index (χ3n) is 8.08. The molecule has 2 heterocycles. The lowest BCUT2D eigenvalue weighted by Crippen LogP contribution is -2.55. The number of benzene rings is 3. The molecule has 0 radical (unpaired) electrons. The van der Waals surface area contributed by atoms with E-state index in [-0.39, 0.29) is 28.7 Å². The summed E-state index contributed by atoms with van der Waals surface area (Å²) in [5.74, 6) is 0.182. The Balaban J connectivity index is 1.64. The van der Waals surface area contributed by atoms with E-state index in [2.05, 4.69) is 65.6 Å². The molecule has 3 aromatic carbocycles. The number of anilines is 1. The minimum absolute atomic E-state index is 0.204. The van der Waals surface area contributed by atoms with E-state index in [0.717, 1.165) is 41.6 Å². The van der Waals surface area contributed by atoms with Crippen LogP contribution in [0, 0.1) is 5.92 Å². The lowest BCUT2D eigenvalue weighted by Gasteiger charge is -2.53. The SMILES string of the molecule is CC(=O)C(C(C)=O)=c1ccc2c(c1)N1C(c3ccccc3)=C[C@H](c3ccccc3)[C@H]3CCCC[C@]31N=2. The average molecular weight is 475 g/mol. The standard InChI is InChI=1S/C32H30N2O2/c1-21(35)31(22(2)36)25-16-17-28-30(19-25)34-29(24-13-7-4-8-14-24)20-26(23-11-5-3-6-12-23)27-15-9-10-18-32(27,34)33-28/h3-8,11-14,16-17,19-20,26-27H,9-10,15,18H2,1-2H3/t26-,27-,32-/m1/s1. The Morgan fingerprint density at radius 3 is 2.28 bits per heavy atom. The van der Waals surface area contributed by atoms with E-state index in [1.807, 2.05) is 24.3 Å². The summed E-state index contributed by atoms with van der Waals surface area (Å²) in [7, 11) is 0. The Morgan fingerprint density at radius 2 is 1.58 bits per heavy atom. The first-order valence-electron chi connectivity index (χ1n) is 12.9. The van der Waals surface area contributed by atoms with Gasteiger partial charge in [0.15, 0.2) is 11.6 Å². The van der Waals surface area contributed by atoms with E-state index in [9.17, 15) is 9.59 Å². The first-order chi connectivity index (χ1) is 17.5. The van der Waals surface area contributed by atoms with Crippen LogP contribution in [0.1, 0.15) is 56.6 Å². The minimum Gasteiger partial charge on any atom is -0.314 e. The topological polar surface area (TPSA) is 49.7 Å². The highest BCUT2D eigenvalue weighted by atomic mass is 16.1. The van der Waals surface area contributed by atoms with Gasteiger partial charge in [0.2, 0.25) is 0 Å². The molecule has 1 spiro atoms. The van der Waals surface area contributed by atoms with Gasteiger partial charge in [-0.3, -0.25) is 14.6 Å². The van der Waals surface area contributed by atoms with Gasteiger partial charge < -0.3 is 4.90 Å². The van der Waals surface area contributed by atoms with Crippen LogP contribution < -0.4 is 15.5 Å². The van der Waals surface area contributed by atoms with Gasteiger partial charge in [-0.05, 0) is 61.6 Å². The number of fused-ring (bicyclic) bond motifs is 2. The molecule has 1 fully saturated rings. The maximum absolute atomic E-state index is 12.4. The number of rotatable bonds is 4.